The van der Waals surface area contributed by atoms with Crippen molar-refractivity contribution in [2.75, 3.05) is 36.5 Å². The van der Waals surface area contributed by atoms with Crippen molar-refractivity contribution < 1.29 is 9.53 Å². The van der Waals surface area contributed by atoms with Crippen molar-refractivity contribution in [2.24, 2.45) is 0 Å². The van der Waals surface area contributed by atoms with Crippen LogP contribution in [0.25, 0.3) is 0 Å². The number of anilines is 1. The number of nitrogens with one attached hydrogen (secondary N) is 1. The second-order valence-electron chi connectivity index (χ2n) is 6.91. The number of fused-ring (bicyclic) bond motifs is 1. The summed E-state index contributed by atoms with van der Waals surface area (Å²) in [5.41, 5.74) is 5.09. The van der Waals surface area contributed by atoms with Crippen molar-refractivity contribution in [2.45, 2.75) is 19.9 Å². The van der Waals surface area contributed by atoms with Crippen LogP contribution >= 0.6 is 11.8 Å². The highest BCUT2D eigenvalue weighted by atomic mass is 32.2. The number of nitrogens with zero attached hydrogens (tertiary/aromatic N) is 1. The summed E-state index contributed by atoms with van der Waals surface area (Å²) in [6.45, 7) is 6.06. The predicted molar refractivity (Wildman–Crippen MR) is 107 cm³/mol. The normalized spacial score (nSPS) is 16.8. The minimum atomic E-state index is -0.0661. The molecule has 0 aromatic heterocycles. The average Bonchev–Trinajstić information content (AvgIpc) is 3.12. The number of thioether (sulfide) groups is 1. The van der Waals surface area contributed by atoms with E-state index in [0.29, 0.717) is 12.2 Å². The molecule has 26 heavy (non-hydrogen) atoms. The molecule has 1 fully saturated rings. The average molecular weight is 369 g/mol. The van der Waals surface area contributed by atoms with E-state index >= 15 is 0 Å². The highest BCUT2D eigenvalue weighted by molar-refractivity contribution is 7.99. The van der Waals surface area contributed by atoms with Crippen LogP contribution in [0.3, 0.4) is 0 Å². The first-order valence-corrected chi connectivity index (χ1v) is 10.3. The molecule has 0 aliphatic carbocycles. The molecule has 2 aliphatic rings. The number of carbonyl (C=O) groups is 1. The molecule has 0 saturated carbocycles. The van der Waals surface area contributed by atoms with E-state index in [1.807, 2.05) is 36.0 Å². The number of benzene rings is 2. The molecule has 2 aliphatic heterocycles. The van der Waals surface area contributed by atoms with Gasteiger partial charge in [-0.3, -0.25) is 9.69 Å². The number of aryl methyl sites for hydroxylation is 1. The van der Waals surface area contributed by atoms with Gasteiger partial charge in [-0.1, -0.05) is 12.1 Å². The largest absolute Gasteiger partial charge is 0.493 e. The van der Waals surface area contributed by atoms with Gasteiger partial charge in [0.05, 0.1) is 6.61 Å². The van der Waals surface area contributed by atoms with E-state index in [2.05, 4.69) is 29.3 Å². The summed E-state index contributed by atoms with van der Waals surface area (Å²) in [5, 5.41) is 3.05. The molecule has 5 heteroatoms. The fourth-order valence-corrected chi connectivity index (χ4v) is 4.48. The van der Waals surface area contributed by atoms with Crippen molar-refractivity contribution >= 4 is 23.4 Å². The van der Waals surface area contributed by atoms with Crippen LogP contribution in [-0.2, 0) is 13.0 Å². The lowest BCUT2D eigenvalue weighted by atomic mass is 10.1. The maximum Gasteiger partial charge on any atom is 0.255 e. The molecule has 0 radical (unpaired) electrons. The third-order valence-electron chi connectivity index (χ3n) is 5.00. The minimum absolute atomic E-state index is 0.0661. The van der Waals surface area contributed by atoms with Crippen LogP contribution in [0.2, 0.25) is 0 Å². The van der Waals surface area contributed by atoms with Crippen molar-refractivity contribution in [1.29, 1.82) is 0 Å². The molecular formula is C21H24N2O2S. The summed E-state index contributed by atoms with van der Waals surface area (Å²) < 4.78 is 5.51. The summed E-state index contributed by atoms with van der Waals surface area (Å²) >= 11 is 2.03. The summed E-state index contributed by atoms with van der Waals surface area (Å²) in [4.78, 5) is 15.1. The smallest absolute Gasteiger partial charge is 0.255 e. The van der Waals surface area contributed by atoms with E-state index in [9.17, 15) is 4.79 Å². The van der Waals surface area contributed by atoms with Crippen molar-refractivity contribution in [3.63, 3.8) is 0 Å². The lowest BCUT2D eigenvalue weighted by Crippen LogP contribution is -2.31. The molecule has 1 N–H and O–H groups in total. The van der Waals surface area contributed by atoms with Gasteiger partial charge >= 0.3 is 0 Å². The molecular weight excluding hydrogens is 344 g/mol. The number of carbonyl (C=O) groups excluding carboxylic acids is 1. The Morgan fingerprint density at radius 1 is 1.19 bits per heavy atom. The molecule has 136 valence electrons. The van der Waals surface area contributed by atoms with Gasteiger partial charge in [-0.2, -0.15) is 11.8 Å². The van der Waals surface area contributed by atoms with Crippen LogP contribution in [0.4, 0.5) is 5.69 Å². The van der Waals surface area contributed by atoms with Crippen molar-refractivity contribution in [3.8, 4) is 5.75 Å². The summed E-state index contributed by atoms with van der Waals surface area (Å²) in [6.07, 6.45) is 0.874. The van der Waals surface area contributed by atoms with Gasteiger partial charge in [-0.25, -0.2) is 0 Å². The van der Waals surface area contributed by atoms with Gasteiger partial charge in [0.25, 0.3) is 5.91 Å². The molecule has 0 spiro atoms. The first kappa shape index (κ1) is 17.4. The quantitative estimate of drug-likeness (QED) is 0.893. The van der Waals surface area contributed by atoms with Gasteiger partial charge in [0.2, 0.25) is 0 Å². The van der Waals surface area contributed by atoms with Crippen LogP contribution < -0.4 is 10.1 Å². The van der Waals surface area contributed by atoms with Crippen molar-refractivity contribution in [3.05, 3.63) is 58.7 Å². The second kappa shape index (κ2) is 7.72. The third-order valence-corrected chi connectivity index (χ3v) is 5.94. The second-order valence-corrected chi connectivity index (χ2v) is 8.14. The van der Waals surface area contributed by atoms with Crippen molar-refractivity contribution in [1.82, 2.24) is 4.90 Å². The zero-order valence-electron chi connectivity index (χ0n) is 15.1. The van der Waals surface area contributed by atoms with Crippen LogP contribution in [0.15, 0.2) is 36.4 Å². The molecule has 2 aromatic carbocycles. The Balaban J connectivity index is 1.43. The van der Waals surface area contributed by atoms with E-state index in [1.54, 1.807) is 0 Å². The van der Waals surface area contributed by atoms with E-state index < -0.39 is 0 Å². The summed E-state index contributed by atoms with van der Waals surface area (Å²) in [5.74, 6) is 3.28. The van der Waals surface area contributed by atoms with E-state index in [0.717, 1.165) is 48.6 Å². The highest BCUT2D eigenvalue weighted by Gasteiger charge is 2.16. The maximum absolute atomic E-state index is 12.6. The van der Waals surface area contributed by atoms with Gasteiger partial charge in [0, 0.05) is 48.8 Å². The van der Waals surface area contributed by atoms with Crippen LogP contribution in [0, 0.1) is 6.92 Å². The summed E-state index contributed by atoms with van der Waals surface area (Å²) in [6, 6.07) is 12.0. The number of ether oxygens (including phenoxy) is 1. The molecule has 1 saturated heterocycles. The first-order valence-electron chi connectivity index (χ1n) is 9.16. The van der Waals surface area contributed by atoms with E-state index in [1.165, 1.54) is 17.1 Å². The molecule has 4 rings (SSSR count). The maximum atomic E-state index is 12.6. The van der Waals surface area contributed by atoms with Gasteiger partial charge in [0.1, 0.15) is 5.75 Å². The third kappa shape index (κ3) is 3.89. The number of amides is 1. The Bertz CT molecular complexity index is 816. The zero-order valence-corrected chi connectivity index (χ0v) is 15.9. The van der Waals surface area contributed by atoms with Crippen LogP contribution in [-0.4, -0.2) is 42.0 Å². The molecule has 0 unspecified atom stereocenters. The lowest BCUT2D eigenvalue weighted by molar-refractivity contribution is 0.102. The Morgan fingerprint density at radius 2 is 2.04 bits per heavy atom. The van der Waals surface area contributed by atoms with Gasteiger partial charge in [-0.15, -0.1) is 0 Å². The topological polar surface area (TPSA) is 41.6 Å². The number of hydrogen-bond acceptors (Lipinski definition) is 4. The van der Waals surface area contributed by atoms with Gasteiger partial charge in [0.15, 0.2) is 0 Å². The Morgan fingerprint density at radius 3 is 2.85 bits per heavy atom. The molecule has 2 heterocycles. The molecule has 0 bridgehead atoms. The van der Waals surface area contributed by atoms with Gasteiger partial charge in [-0.05, 0) is 47.9 Å². The minimum Gasteiger partial charge on any atom is -0.493 e. The molecule has 4 nitrogen and oxygen atoms in total. The molecule has 1 amide bonds. The predicted octanol–water partition coefficient (Wildman–Crippen LogP) is 3.73. The number of rotatable bonds is 4. The monoisotopic (exact) mass is 368 g/mol. The van der Waals surface area contributed by atoms with E-state index in [-0.39, 0.29) is 5.91 Å². The number of hydrogen-bond donors (Lipinski definition) is 1. The lowest BCUT2D eigenvalue weighted by Gasteiger charge is -2.26. The first-order chi connectivity index (χ1) is 12.7. The molecule has 0 atom stereocenters. The standard InChI is InChI=1S/C21H24N2O2S/c1-15-12-16(14-23-7-10-26-11-8-23)2-4-19(15)22-21(24)18-3-5-20-17(13-18)6-9-25-20/h2-5,12-13H,6-11,14H2,1H3,(H,22,24). The Hall–Kier alpha value is -1.98. The van der Waals surface area contributed by atoms with Gasteiger partial charge < -0.3 is 10.1 Å². The highest BCUT2D eigenvalue weighted by Crippen LogP contribution is 2.26. The Kier molecular flexibility index (Phi) is 5.18. The van der Waals surface area contributed by atoms with E-state index in [4.69, 9.17) is 4.74 Å². The fraction of sp³-hybridized carbons (Fsp3) is 0.381. The SMILES string of the molecule is Cc1cc(CN2CCSCC2)ccc1NC(=O)c1ccc2c(c1)CCO2. The zero-order chi connectivity index (χ0) is 17.9. The fourth-order valence-electron chi connectivity index (χ4n) is 3.50. The Labute approximate surface area is 158 Å². The van der Waals surface area contributed by atoms with Crippen LogP contribution in [0.1, 0.15) is 27.0 Å². The summed E-state index contributed by atoms with van der Waals surface area (Å²) in [7, 11) is 0. The van der Waals surface area contributed by atoms with Crippen LogP contribution in [0.5, 0.6) is 5.75 Å². The molecule has 2 aromatic rings.